The topological polar surface area (TPSA) is 37.3 Å². The third-order valence-electron chi connectivity index (χ3n) is 2.07. The van der Waals surface area contributed by atoms with E-state index in [9.17, 15) is 4.79 Å². The maximum absolute atomic E-state index is 10.6. The molecular formula is C9H14O2. The second kappa shape index (κ2) is 4.16. The lowest BCUT2D eigenvalue weighted by Gasteiger charge is -2.09. The molecule has 1 aliphatic carbocycles. The Balaban J connectivity index is 2.48. The van der Waals surface area contributed by atoms with Crippen LogP contribution < -0.4 is 0 Å². The highest BCUT2D eigenvalue weighted by molar-refractivity contribution is 5.72. The molecule has 1 atom stereocenters. The van der Waals surface area contributed by atoms with Crippen LogP contribution in [-0.4, -0.2) is 11.1 Å². The number of rotatable bonds is 1. The van der Waals surface area contributed by atoms with E-state index in [1.54, 1.807) is 0 Å². The van der Waals surface area contributed by atoms with Gasteiger partial charge >= 0.3 is 5.97 Å². The Morgan fingerprint density at radius 2 is 2.18 bits per heavy atom. The molecule has 11 heavy (non-hydrogen) atoms. The average Bonchev–Trinajstić information content (AvgIpc) is 1.84. The lowest BCUT2D eigenvalue weighted by molar-refractivity contribution is -0.140. The van der Waals surface area contributed by atoms with Gasteiger partial charge in [-0.3, -0.25) is 4.79 Å². The first kappa shape index (κ1) is 8.31. The molecule has 0 radical (unpaired) electrons. The van der Waals surface area contributed by atoms with Gasteiger partial charge in [-0.15, -0.1) is 0 Å². The first-order valence-corrected chi connectivity index (χ1v) is 4.20. The predicted octanol–water partition coefficient (Wildman–Crippen LogP) is 2.21. The molecule has 0 aromatic rings. The van der Waals surface area contributed by atoms with E-state index in [2.05, 4.69) is 0 Å². The fourth-order valence-corrected chi connectivity index (χ4v) is 1.37. The highest BCUT2D eigenvalue weighted by Gasteiger charge is 2.13. The fraction of sp³-hybridized carbons (Fsp3) is 0.667. The molecule has 0 saturated heterocycles. The Hall–Kier alpha value is -0.790. The van der Waals surface area contributed by atoms with Crippen molar-refractivity contribution in [1.29, 1.82) is 0 Å². The molecule has 0 unspecified atom stereocenters. The van der Waals surface area contributed by atoms with Crippen LogP contribution in [0.2, 0.25) is 0 Å². The summed E-state index contributed by atoms with van der Waals surface area (Å²) in [4.78, 5) is 10.6. The van der Waals surface area contributed by atoms with Crippen molar-refractivity contribution >= 4 is 5.97 Å². The van der Waals surface area contributed by atoms with Crippen LogP contribution in [0.25, 0.3) is 0 Å². The van der Waals surface area contributed by atoms with E-state index in [0.29, 0.717) is 0 Å². The van der Waals surface area contributed by atoms with Gasteiger partial charge in [0, 0.05) is 0 Å². The third kappa shape index (κ3) is 2.74. The van der Waals surface area contributed by atoms with Gasteiger partial charge in [-0.05, 0) is 19.3 Å². The third-order valence-corrected chi connectivity index (χ3v) is 2.07. The second-order valence-corrected chi connectivity index (χ2v) is 3.01. The minimum Gasteiger partial charge on any atom is -0.481 e. The van der Waals surface area contributed by atoms with Crippen molar-refractivity contribution in [1.82, 2.24) is 0 Å². The standard InChI is InChI=1S/C9H14O2/c10-9(11)8-6-4-2-1-3-5-7-8/h4,6,8H,1-3,5,7H2,(H,10,11)/b6-4-/t8-/m0/s1. The zero-order chi connectivity index (χ0) is 8.10. The van der Waals surface area contributed by atoms with Gasteiger partial charge in [0.05, 0.1) is 5.92 Å². The Kier molecular flexibility index (Phi) is 3.14. The molecule has 1 aliphatic rings. The number of carboxylic acids is 1. The highest BCUT2D eigenvalue weighted by Crippen LogP contribution is 2.16. The molecule has 62 valence electrons. The van der Waals surface area contributed by atoms with E-state index in [1.165, 1.54) is 12.8 Å². The first-order valence-electron chi connectivity index (χ1n) is 4.20. The molecule has 2 heteroatoms. The number of carbonyl (C=O) groups is 1. The van der Waals surface area contributed by atoms with Gasteiger partial charge in [-0.2, -0.15) is 0 Å². The van der Waals surface area contributed by atoms with Gasteiger partial charge in [0.15, 0.2) is 0 Å². The quantitative estimate of drug-likeness (QED) is 0.588. The molecule has 0 aromatic carbocycles. The Morgan fingerprint density at radius 1 is 1.36 bits per heavy atom. The molecule has 0 aromatic heterocycles. The zero-order valence-corrected chi connectivity index (χ0v) is 6.62. The predicted molar refractivity (Wildman–Crippen MR) is 43.4 cm³/mol. The minimum atomic E-state index is -0.678. The van der Waals surface area contributed by atoms with Crippen LogP contribution in [0.4, 0.5) is 0 Å². The van der Waals surface area contributed by atoms with Crippen molar-refractivity contribution < 1.29 is 9.90 Å². The molecule has 0 bridgehead atoms. The number of allylic oxidation sites excluding steroid dienone is 1. The van der Waals surface area contributed by atoms with Crippen molar-refractivity contribution in [3.05, 3.63) is 12.2 Å². The lowest BCUT2D eigenvalue weighted by atomic mass is 9.97. The van der Waals surface area contributed by atoms with E-state index in [0.717, 1.165) is 19.3 Å². The van der Waals surface area contributed by atoms with Crippen molar-refractivity contribution in [2.45, 2.75) is 32.1 Å². The number of hydrogen-bond donors (Lipinski definition) is 1. The molecule has 0 fully saturated rings. The normalized spacial score (nSPS) is 28.5. The largest absolute Gasteiger partial charge is 0.481 e. The summed E-state index contributed by atoms with van der Waals surface area (Å²) >= 11 is 0. The molecule has 1 rings (SSSR count). The summed E-state index contributed by atoms with van der Waals surface area (Å²) in [6.45, 7) is 0. The van der Waals surface area contributed by atoms with E-state index in [4.69, 9.17) is 5.11 Å². The second-order valence-electron chi connectivity index (χ2n) is 3.01. The van der Waals surface area contributed by atoms with Crippen LogP contribution in [0.5, 0.6) is 0 Å². The lowest BCUT2D eigenvalue weighted by Crippen LogP contribution is -2.11. The van der Waals surface area contributed by atoms with Crippen LogP contribution in [0.1, 0.15) is 32.1 Å². The molecule has 1 N–H and O–H groups in total. The Labute approximate surface area is 66.9 Å². The maximum atomic E-state index is 10.6. The van der Waals surface area contributed by atoms with Crippen LogP contribution in [0.3, 0.4) is 0 Å². The summed E-state index contributed by atoms with van der Waals surface area (Å²) < 4.78 is 0. The minimum absolute atomic E-state index is 0.227. The van der Waals surface area contributed by atoms with Crippen LogP contribution in [-0.2, 0) is 4.79 Å². The molecule has 0 heterocycles. The molecule has 0 aliphatic heterocycles. The Bertz CT molecular complexity index is 161. The van der Waals surface area contributed by atoms with Crippen LogP contribution in [0.15, 0.2) is 12.2 Å². The summed E-state index contributed by atoms with van der Waals surface area (Å²) in [5.41, 5.74) is 0. The molecule has 0 spiro atoms. The van der Waals surface area contributed by atoms with Gasteiger partial charge in [-0.25, -0.2) is 0 Å². The molecular weight excluding hydrogens is 140 g/mol. The summed E-state index contributed by atoms with van der Waals surface area (Å²) in [5, 5.41) is 8.70. The van der Waals surface area contributed by atoms with Crippen LogP contribution in [0, 0.1) is 5.92 Å². The van der Waals surface area contributed by atoms with E-state index >= 15 is 0 Å². The number of hydrogen-bond acceptors (Lipinski definition) is 1. The zero-order valence-electron chi connectivity index (χ0n) is 6.62. The Morgan fingerprint density at radius 3 is 2.91 bits per heavy atom. The summed E-state index contributed by atoms with van der Waals surface area (Å²) in [6.07, 6.45) is 9.13. The van der Waals surface area contributed by atoms with Gasteiger partial charge in [-0.1, -0.05) is 25.0 Å². The van der Waals surface area contributed by atoms with Crippen molar-refractivity contribution in [2.75, 3.05) is 0 Å². The number of carboxylic acid groups (broad SMARTS) is 1. The van der Waals surface area contributed by atoms with Crippen molar-refractivity contribution in [2.24, 2.45) is 5.92 Å². The first-order chi connectivity index (χ1) is 5.30. The van der Waals surface area contributed by atoms with Crippen molar-refractivity contribution in [3.8, 4) is 0 Å². The van der Waals surface area contributed by atoms with E-state index in [1.807, 2.05) is 12.2 Å². The summed E-state index contributed by atoms with van der Waals surface area (Å²) in [5.74, 6) is -0.904. The molecule has 0 amide bonds. The number of aliphatic carboxylic acids is 1. The van der Waals surface area contributed by atoms with Crippen LogP contribution >= 0.6 is 0 Å². The van der Waals surface area contributed by atoms with Gasteiger partial charge in [0.2, 0.25) is 0 Å². The van der Waals surface area contributed by atoms with E-state index < -0.39 is 5.97 Å². The smallest absolute Gasteiger partial charge is 0.310 e. The van der Waals surface area contributed by atoms with Gasteiger partial charge < -0.3 is 5.11 Å². The van der Waals surface area contributed by atoms with Crippen molar-refractivity contribution in [3.63, 3.8) is 0 Å². The SMILES string of the molecule is O=C(O)[C@H]1/C=C\CCCCC1. The monoisotopic (exact) mass is 154 g/mol. The highest BCUT2D eigenvalue weighted by atomic mass is 16.4. The van der Waals surface area contributed by atoms with Gasteiger partial charge in [0.25, 0.3) is 0 Å². The van der Waals surface area contributed by atoms with E-state index in [-0.39, 0.29) is 5.92 Å². The summed E-state index contributed by atoms with van der Waals surface area (Å²) in [7, 11) is 0. The maximum Gasteiger partial charge on any atom is 0.310 e. The fourth-order valence-electron chi connectivity index (χ4n) is 1.37. The summed E-state index contributed by atoms with van der Waals surface area (Å²) in [6, 6.07) is 0. The molecule has 0 saturated carbocycles. The van der Waals surface area contributed by atoms with Gasteiger partial charge in [0.1, 0.15) is 0 Å². The average molecular weight is 154 g/mol. The molecule has 2 nitrogen and oxygen atoms in total.